The SMILES string of the molecule is CCOc1ccc([C@H]2C(C(=O)OC(C)C)=C(C)N=c3s/c(=C/c4cc(C)n(-c5ccc(Cl)c(Cl)c5)c4C)c(=O)n32)cc1. The number of ether oxygens (including phenoxy) is 2. The third kappa shape index (κ3) is 5.59. The van der Waals surface area contributed by atoms with Gasteiger partial charge in [0.05, 0.1) is 44.6 Å². The van der Waals surface area contributed by atoms with Crippen LogP contribution in [0.2, 0.25) is 10.0 Å². The summed E-state index contributed by atoms with van der Waals surface area (Å²) in [5.74, 6) is 0.211. The van der Waals surface area contributed by atoms with Gasteiger partial charge in [0.15, 0.2) is 4.80 Å². The molecule has 0 spiro atoms. The molecule has 7 nitrogen and oxygen atoms in total. The Bertz CT molecular complexity index is 1900. The van der Waals surface area contributed by atoms with Crippen LogP contribution < -0.4 is 19.6 Å². The lowest BCUT2D eigenvalue weighted by atomic mass is 9.96. The summed E-state index contributed by atoms with van der Waals surface area (Å²) in [6.45, 7) is 11.8. The van der Waals surface area contributed by atoms with Crippen LogP contribution in [-0.4, -0.2) is 27.8 Å². The Morgan fingerprint density at radius 2 is 1.79 bits per heavy atom. The van der Waals surface area contributed by atoms with Crippen molar-refractivity contribution < 1.29 is 14.3 Å². The van der Waals surface area contributed by atoms with Crippen molar-refractivity contribution in [2.45, 2.75) is 53.7 Å². The van der Waals surface area contributed by atoms with Crippen molar-refractivity contribution in [2.75, 3.05) is 6.61 Å². The Morgan fingerprint density at radius 3 is 2.43 bits per heavy atom. The van der Waals surface area contributed by atoms with Gasteiger partial charge >= 0.3 is 5.97 Å². The number of carbonyl (C=O) groups excluding carboxylic acids is 1. The molecular formula is C32H31Cl2N3O4S. The summed E-state index contributed by atoms with van der Waals surface area (Å²) < 4.78 is 15.4. The molecule has 1 aliphatic rings. The molecule has 0 bridgehead atoms. The normalized spacial score (nSPS) is 15.2. The molecule has 3 heterocycles. The van der Waals surface area contributed by atoms with Gasteiger partial charge in [-0.3, -0.25) is 9.36 Å². The zero-order valence-electron chi connectivity index (χ0n) is 24.2. The third-order valence-electron chi connectivity index (χ3n) is 7.01. The maximum atomic E-state index is 14.1. The molecule has 5 rings (SSSR count). The number of halogens is 2. The minimum Gasteiger partial charge on any atom is -0.494 e. The molecule has 0 amide bonds. The van der Waals surface area contributed by atoms with Gasteiger partial charge in [-0.2, -0.15) is 0 Å². The first-order valence-electron chi connectivity index (χ1n) is 13.6. The molecular weight excluding hydrogens is 593 g/mol. The number of carbonyl (C=O) groups is 1. The van der Waals surface area contributed by atoms with Crippen molar-refractivity contribution >= 4 is 46.6 Å². The molecule has 218 valence electrons. The van der Waals surface area contributed by atoms with Crippen molar-refractivity contribution in [1.82, 2.24) is 9.13 Å². The van der Waals surface area contributed by atoms with Gasteiger partial charge < -0.3 is 14.0 Å². The predicted octanol–water partition coefficient (Wildman–Crippen LogP) is 6.30. The number of aryl methyl sites for hydroxylation is 1. The van der Waals surface area contributed by atoms with Gasteiger partial charge in [0, 0.05) is 17.1 Å². The summed E-state index contributed by atoms with van der Waals surface area (Å²) >= 11 is 13.7. The minimum absolute atomic E-state index is 0.237. The molecule has 0 radical (unpaired) electrons. The fourth-order valence-electron chi connectivity index (χ4n) is 5.19. The van der Waals surface area contributed by atoms with Crippen LogP contribution in [0.1, 0.15) is 56.3 Å². The third-order valence-corrected chi connectivity index (χ3v) is 8.73. The van der Waals surface area contributed by atoms with Crippen LogP contribution in [0.3, 0.4) is 0 Å². The van der Waals surface area contributed by atoms with Crippen LogP contribution in [0.4, 0.5) is 0 Å². The van der Waals surface area contributed by atoms with E-state index < -0.39 is 12.0 Å². The van der Waals surface area contributed by atoms with Crippen molar-refractivity contribution in [2.24, 2.45) is 4.99 Å². The van der Waals surface area contributed by atoms with Gasteiger partial charge in [-0.25, -0.2) is 9.79 Å². The number of nitrogens with zero attached hydrogens (tertiary/aromatic N) is 3. The van der Waals surface area contributed by atoms with Gasteiger partial charge in [0.2, 0.25) is 0 Å². The topological polar surface area (TPSA) is 74.8 Å². The number of fused-ring (bicyclic) bond motifs is 1. The molecule has 0 saturated heterocycles. The maximum Gasteiger partial charge on any atom is 0.338 e. The van der Waals surface area contributed by atoms with E-state index in [9.17, 15) is 9.59 Å². The van der Waals surface area contributed by atoms with Crippen molar-refractivity contribution in [1.29, 1.82) is 0 Å². The Balaban J connectivity index is 1.66. The van der Waals surface area contributed by atoms with E-state index in [4.69, 9.17) is 37.7 Å². The average molecular weight is 625 g/mol. The average Bonchev–Trinajstić information content (AvgIpc) is 3.39. The van der Waals surface area contributed by atoms with E-state index in [1.54, 1.807) is 31.4 Å². The Labute approximate surface area is 258 Å². The molecule has 1 atom stereocenters. The Hall–Kier alpha value is -3.59. The van der Waals surface area contributed by atoms with E-state index in [1.165, 1.54) is 11.3 Å². The number of aromatic nitrogens is 2. The first-order chi connectivity index (χ1) is 20.0. The van der Waals surface area contributed by atoms with Gasteiger partial charge in [-0.05, 0) is 95.1 Å². The van der Waals surface area contributed by atoms with Crippen LogP contribution in [0.25, 0.3) is 11.8 Å². The molecule has 0 N–H and O–H groups in total. The number of benzene rings is 2. The molecule has 4 aromatic rings. The zero-order chi connectivity index (χ0) is 30.3. The second-order valence-electron chi connectivity index (χ2n) is 10.3. The van der Waals surface area contributed by atoms with Crippen LogP contribution in [0, 0.1) is 13.8 Å². The molecule has 2 aromatic carbocycles. The van der Waals surface area contributed by atoms with E-state index in [0.717, 1.165) is 28.2 Å². The first-order valence-corrected chi connectivity index (χ1v) is 15.2. The number of esters is 1. The lowest BCUT2D eigenvalue weighted by Gasteiger charge is -2.25. The zero-order valence-corrected chi connectivity index (χ0v) is 26.5. The molecule has 42 heavy (non-hydrogen) atoms. The predicted molar refractivity (Wildman–Crippen MR) is 168 cm³/mol. The van der Waals surface area contributed by atoms with E-state index in [-0.39, 0.29) is 11.7 Å². The fraction of sp³-hybridized carbons (Fsp3) is 0.281. The molecule has 0 aliphatic carbocycles. The van der Waals surface area contributed by atoms with Crippen LogP contribution in [0.15, 0.2) is 69.6 Å². The quantitative estimate of drug-likeness (QED) is 0.226. The largest absolute Gasteiger partial charge is 0.494 e. The van der Waals surface area contributed by atoms with E-state index in [2.05, 4.69) is 4.57 Å². The van der Waals surface area contributed by atoms with E-state index in [1.807, 2.05) is 69.3 Å². The van der Waals surface area contributed by atoms with Gasteiger partial charge in [0.1, 0.15) is 5.75 Å². The minimum atomic E-state index is -0.700. The summed E-state index contributed by atoms with van der Waals surface area (Å²) in [4.78, 5) is 32.6. The highest BCUT2D eigenvalue weighted by molar-refractivity contribution is 7.07. The second-order valence-corrected chi connectivity index (χ2v) is 12.1. The smallest absolute Gasteiger partial charge is 0.338 e. The number of hydrogen-bond acceptors (Lipinski definition) is 6. The second kappa shape index (κ2) is 12.0. The molecule has 2 aromatic heterocycles. The molecule has 0 fully saturated rings. The highest BCUT2D eigenvalue weighted by Crippen LogP contribution is 2.32. The standard InChI is InChI=1S/C32H31Cl2N3O4S/c1-7-40-24-11-8-21(9-12-24)29-28(31(39)41-17(2)3)19(5)35-32-37(29)30(38)27(42-32)15-22-14-18(4)36(20(22)6)23-10-13-25(33)26(34)16-23/h8-17,29H,7H2,1-6H3/b27-15+/t29-/m0/s1. The summed E-state index contributed by atoms with van der Waals surface area (Å²) in [5, 5.41) is 0.950. The molecule has 10 heteroatoms. The van der Waals surface area contributed by atoms with Crippen molar-refractivity contribution in [3.8, 4) is 11.4 Å². The number of allylic oxidation sites excluding steroid dienone is 1. The number of rotatable bonds is 7. The van der Waals surface area contributed by atoms with Gasteiger partial charge in [0.25, 0.3) is 5.56 Å². The summed E-state index contributed by atoms with van der Waals surface area (Å²) in [5.41, 5.74) is 5.06. The molecule has 1 aliphatic heterocycles. The number of thiazole rings is 1. The summed E-state index contributed by atoms with van der Waals surface area (Å²) in [6, 6.07) is 14.2. The Kier molecular flexibility index (Phi) is 8.51. The van der Waals surface area contributed by atoms with Crippen LogP contribution in [-0.2, 0) is 9.53 Å². The highest BCUT2D eigenvalue weighted by atomic mass is 35.5. The van der Waals surface area contributed by atoms with Gasteiger partial charge in [-0.1, -0.05) is 46.7 Å². The molecule has 0 unspecified atom stereocenters. The lowest BCUT2D eigenvalue weighted by molar-refractivity contribution is -0.143. The summed E-state index contributed by atoms with van der Waals surface area (Å²) in [7, 11) is 0. The summed E-state index contributed by atoms with van der Waals surface area (Å²) in [6.07, 6.45) is 1.55. The fourth-order valence-corrected chi connectivity index (χ4v) is 6.51. The van der Waals surface area contributed by atoms with E-state index in [0.29, 0.717) is 43.0 Å². The molecule has 0 saturated carbocycles. The number of hydrogen-bond donors (Lipinski definition) is 0. The first kappa shape index (κ1) is 29.9. The Morgan fingerprint density at radius 1 is 1.07 bits per heavy atom. The van der Waals surface area contributed by atoms with Crippen molar-refractivity contribution in [3.05, 3.63) is 112 Å². The van der Waals surface area contributed by atoms with E-state index >= 15 is 0 Å². The van der Waals surface area contributed by atoms with Gasteiger partial charge in [-0.15, -0.1) is 0 Å². The van der Waals surface area contributed by atoms with Crippen LogP contribution in [0.5, 0.6) is 5.75 Å². The van der Waals surface area contributed by atoms with Crippen molar-refractivity contribution in [3.63, 3.8) is 0 Å². The van der Waals surface area contributed by atoms with Crippen LogP contribution >= 0.6 is 34.5 Å². The highest BCUT2D eigenvalue weighted by Gasteiger charge is 2.34. The monoisotopic (exact) mass is 623 g/mol. The maximum absolute atomic E-state index is 14.1. The lowest BCUT2D eigenvalue weighted by Crippen LogP contribution is -2.40.